The zero-order chi connectivity index (χ0) is 27.8. The molecule has 0 spiro atoms. The Labute approximate surface area is 226 Å². The van der Waals surface area contributed by atoms with Crippen molar-refractivity contribution in [3.8, 4) is 11.5 Å². The van der Waals surface area contributed by atoms with Crippen LogP contribution in [0.15, 0.2) is 60.7 Å². The van der Waals surface area contributed by atoms with E-state index in [4.69, 9.17) is 32.2 Å². The number of benzene rings is 3. The van der Waals surface area contributed by atoms with Crippen LogP contribution in [0.5, 0.6) is 11.5 Å². The highest BCUT2D eigenvalue weighted by Crippen LogP contribution is 2.34. The fraction of sp³-hybridized carbons (Fsp3) is 0.250. The molecular formula is C28H31ClN4O5. The van der Waals surface area contributed by atoms with Gasteiger partial charge in [-0.15, -0.1) is 0 Å². The number of carboxylic acids is 1. The van der Waals surface area contributed by atoms with Crippen molar-refractivity contribution in [1.82, 2.24) is 0 Å². The first kappa shape index (κ1) is 28.3. The monoisotopic (exact) mass is 538 g/mol. The summed E-state index contributed by atoms with van der Waals surface area (Å²) >= 11 is 6.20. The van der Waals surface area contributed by atoms with Gasteiger partial charge in [0.25, 0.3) is 5.91 Å². The van der Waals surface area contributed by atoms with Gasteiger partial charge < -0.3 is 30.9 Å². The number of carbonyl (C=O) groups excluding carboxylic acids is 1. The van der Waals surface area contributed by atoms with Gasteiger partial charge in [0.05, 0.1) is 12.2 Å². The molecule has 0 aliphatic heterocycles. The summed E-state index contributed by atoms with van der Waals surface area (Å²) in [6.45, 7) is 5.97. The largest absolute Gasteiger partial charge is 0.490 e. The Morgan fingerprint density at radius 2 is 1.82 bits per heavy atom. The number of nitrogen functional groups attached to an aromatic ring is 1. The highest BCUT2D eigenvalue weighted by Gasteiger charge is 2.26. The molecule has 0 heterocycles. The number of nitrogens with two attached hydrogens (primary N) is 1. The minimum absolute atomic E-state index is 0.0657. The van der Waals surface area contributed by atoms with Crippen LogP contribution >= 0.6 is 11.6 Å². The minimum Gasteiger partial charge on any atom is -0.490 e. The maximum Gasteiger partial charge on any atom is 0.345 e. The van der Waals surface area contributed by atoms with Crippen molar-refractivity contribution < 1.29 is 24.2 Å². The first-order valence-electron chi connectivity index (χ1n) is 12.0. The first-order chi connectivity index (χ1) is 18.1. The van der Waals surface area contributed by atoms with Gasteiger partial charge in [-0.2, -0.15) is 0 Å². The van der Waals surface area contributed by atoms with Crippen LogP contribution in [0.4, 0.5) is 11.4 Å². The van der Waals surface area contributed by atoms with E-state index in [-0.39, 0.29) is 18.3 Å². The predicted molar refractivity (Wildman–Crippen MR) is 149 cm³/mol. The lowest BCUT2D eigenvalue weighted by Gasteiger charge is -2.23. The Kier molecular flexibility index (Phi) is 9.56. The Balaban J connectivity index is 1.87. The number of amidine groups is 1. The Hall–Kier alpha value is -4.24. The number of halogens is 1. The lowest BCUT2D eigenvalue weighted by Crippen LogP contribution is -2.32. The van der Waals surface area contributed by atoms with Gasteiger partial charge in [0.15, 0.2) is 17.6 Å². The van der Waals surface area contributed by atoms with Crippen LogP contribution in [-0.4, -0.2) is 35.5 Å². The molecule has 3 aromatic carbocycles. The van der Waals surface area contributed by atoms with Crippen LogP contribution in [-0.2, 0) is 11.3 Å². The molecule has 6 N–H and O–H groups in total. The third kappa shape index (κ3) is 7.17. The summed E-state index contributed by atoms with van der Waals surface area (Å²) in [6, 6.07) is 16.8. The van der Waals surface area contributed by atoms with E-state index in [1.807, 2.05) is 6.92 Å². The van der Waals surface area contributed by atoms with E-state index in [1.165, 1.54) is 0 Å². The topological polar surface area (TPSA) is 147 Å². The second-order valence-corrected chi connectivity index (χ2v) is 9.22. The molecule has 1 unspecified atom stereocenters. The van der Waals surface area contributed by atoms with Crippen molar-refractivity contribution >= 4 is 40.7 Å². The summed E-state index contributed by atoms with van der Waals surface area (Å²) in [5, 5.41) is 23.6. The zero-order valence-electron chi connectivity index (χ0n) is 21.4. The van der Waals surface area contributed by atoms with Gasteiger partial charge in [-0.3, -0.25) is 10.2 Å². The number of para-hydroxylation sites is 1. The molecule has 0 fully saturated rings. The van der Waals surface area contributed by atoms with E-state index in [0.717, 1.165) is 0 Å². The van der Waals surface area contributed by atoms with Crippen molar-refractivity contribution in [2.75, 3.05) is 17.2 Å². The highest BCUT2D eigenvalue weighted by molar-refractivity contribution is 6.31. The quantitative estimate of drug-likeness (QED) is 0.154. The number of carbonyl (C=O) groups is 2. The van der Waals surface area contributed by atoms with Crippen LogP contribution in [0.2, 0.25) is 5.02 Å². The number of hydrogen-bond donors (Lipinski definition) is 5. The first-order valence-corrected chi connectivity index (χ1v) is 12.4. The van der Waals surface area contributed by atoms with Gasteiger partial charge >= 0.3 is 5.97 Å². The Morgan fingerprint density at radius 1 is 1.11 bits per heavy atom. The van der Waals surface area contributed by atoms with Crippen molar-refractivity contribution in [3.05, 3.63) is 82.4 Å². The van der Waals surface area contributed by atoms with Crippen molar-refractivity contribution in [3.63, 3.8) is 0 Å². The second kappa shape index (κ2) is 12.8. The molecule has 0 bridgehead atoms. The number of anilines is 2. The van der Waals surface area contributed by atoms with Crippen molar-refractivity contribution in [2.45, 2.75) is 33.4 Å². The van der Waals surface area contributed by atoms with Crippen LogP contribution in [0.1, 0.15) is 42.3 Å². The third-order valence-corrected chi connectivity index (χ3v) is 5.84. The summed E-state index contributed by atoms with van der Waals surface area (Å²) < 4.78 is 11.7. The van der Waals surface area contributed by atoms with Gasteiger partial charge in [-0.25, -0.2) is 4.79 Å². The zero-order valence-corrected chi connectivity index (χ0v) is 22.1. The van der Waals surface area contributed by atoms with Gasteiger partial charge in [-0.1, -0.05) is 37.6 Å². The predicted octanol–water partition coefficient (Wildman–Crippen LogP) is 5.38. The summed E-state index contributed by atoms with van der Waals surface area (Å²) in [5.41, 5.74) is 8.04. The van der Waals surface area contributed by atoms with E-state index in [9.17, 15) is 14.7 Å². The van der Waals surface area contributed by atoms with Gasteiger partial charge in [0.2, 0.25) is 0 Å². The highest BCUT2D eigenvalue weighted by atomic mass is 35.5. The second-order valence-electron chi connectivity index (χ2n) is 8.79. The average molecular weight is 539 g/mol. The van der Waals surface area contributed by atoms with Crippen LogP contribution in [0.25, 0.3) is 0 Å². The summed E-state index contributed by atoms with van der Waals surface area (Å²) in [4.78, 5) is 24.9. The smallest absolute Gasteiger partial charge is 0.345 e. The molecule has 0 saturated carbocycles. The normalized spacial score (nSPS) is 11.5. The third-order valence-electron chi connectivity index (χ3n) is 5.60. The number of amides is 1. The molecule has 0 radical (unpaired) electrons. The van der Waals surface area contributed by atoms with Crippen LogP contribution < -0.4 is 25.8 Å². The molecule has 200 valence electrons. The van der Waals surface area contributed by atoms with Gasteiger partial charge in [0, 0.05) is 40.0 Å². The molecule has 9 nitrogen and oxygen atoms in total. The lowest BCUT2D eigenvalue weighted by atomic mass is 10.1. The fourth-order valence-corrected chi connectivity index (χ4v) is 3.85. The van der Waals surface area contributed by atoms with E-state index in [2.05, 4.69) is 10.6 Å². The molecular weight excluding hydrogens is 508 g/mol. The number of nitrogens with one attached hydrogen (secondary N) is 3. The number of hydrogen-bond acceptors (Lipinski definition) is 6. The number of carboxylic acid groups (broad SMARTS) is 1. The number of rotatable bonds is 12. The number of ether oxygens (including phenoxy) is 2. The Bertz CT molecular complexity index is 1310. The van der Waals surface area contributed by atoms with E-state index < -0.39 is 18.0 Å². The van der Waals surface area contributed by atoms with Gasteiger partial charge in [0.1, 0.15) is 5.84 Å². The molecule has 1 amide bonds. The van der Waals surface area contributed by atoms with Crippen molar-refractivity contribution in [1.29, 1.82) is 5.41 Å². The average Bonchev–Trinajstić information content (AvgIpc) is 2.87. The molecule has 0 saturated heterocycles. The summed E-state index contributed by atoms with van der Waals surface area (Å²) in [5.74, 6) is -1.05. The fourth-order valence-electron chi connectivity index (χ4n) is 3.68. The maximum absolute atomic E-state index is 13.1. The maximum atomic E-state index is 13.1. The summed E-state index contributed by atoms with van der Waals surface area (Å²) in [6.07, 6.45) is -1.07. The standard InChI is InChI=1S/C28H31ClN4O5/c1-4-37-23-7-5-6-18(25(23)38-24(16(2)3)28(35)36)15-32-22-13-10-19(29)14-21(22)27(34)33-20-11-8-17(9-12-20)26(30)31/h5-14,16,24,32H,4,15H2,1-3H3,(H3,30,31)(H,33,34)(H,35,36). The van der Waals surface area contributed by atoms with Crippen LogP contribution in [0.3, 0.4) is 0 Å². The molecule has 0 aliphatic carbocycles. The molecule has 10 heteroatoms. The lowest BCUT2D eigenvalue weighted by molar-refractivity contribution is -0.147. The van der Waals surface area contributed by atoms with Crippen LogP contribution in [0, 0.1) is 11.3 Å². The van der Waals surface area contributed by atoms with E-state index >= 15 is 0 Å². The molecule has 0 aromatic heterocycles. The molecule has 3 rings (SSSR count). The SMILES string of the molecule is CCOc1cccc(CNc2ccc(Cl)cc2C(=O)Nc2ccc(C(=N)N)cc2)c1OC(C(=O)O)C(C)C. The van der Waals surface area contributed by atoms with Gasteiger partial charge in [-0.05, 0) is 55.5 Å². The minimum atomic E-state index is -1.07. The molecule has 0 aliphatic rings. The molecule has 38 heavy (non-hydrogen) atoms. The van der Waals surface area contributed by atoms with E-state index in [1.54, 1.807) is 74.5 Å². The van der Waals surface area contributed by atoms with E-state index in [0.29, 0.717) is 51.2 Å². The van der Waals surface area contributed by atoms with Crippen molar-refractivity contribution in [2.24, 2.45) is 11.7 Å². The molecule has 1 atom stereocenters. The molecule has 3 aromatic rings. The Morgan fingerprint density at radius 3 is 2.42 bits per heavy atom. The summed E-state index contributed by atoms with van der Waals surface area (Å²) in [7, 11) is 0. The number of aliphatic carboxylic acids is 1.